The molecule has 1 amide bonds. The summed E-state index contributed by atoms with van der Waals surface area (Å²) in [6, 6.07) is 19.4. The molecule has 0 bridgehead atoms. The van der Waals surface area contributed by atoms with Crippen molar-refractivity contribution < 1.29 is 13.9 Å². The van der Waals surface area contributed by atoms with Crippen LogP contribution in [0.4, 0.5) is 10.1 Å². The van der Waals surface area contributed by atoms with Crippen molar-refractivity contribution in [1.82, 2.24) is 5.32 Å². The van der Waals surface area contributed by atoms with Gasteiger partial charge < -0.3 is 15.4 Å². The van der Waals surface area contributed by atoms with E-state index in [-0.39, 0.29) is 18.3 Å². The smallest absolute Gasteiger partial charge is 0.262 e. The Hall–Kier alpha value is -2.89. The Bertz CT molecular complexity index is 976. The van der Waals surface area contributed by atoms with E-state index in [1.165, 1.54) is 12.1 Å². The Morgan fingerprint density at radius 2 is 1.77 bits per heavy atom. The summed E-state index contributed by atoms with van der Waals surface area (Å²) >= 11 is 6.12. The van der Waals surface area contributed by atoms with E-state index in [0.717, 1.165) is 28.8 Å². The number of halogens is 2. The van der Waals surface area contributed by atoms with Gasteiger partial charge in [0, 0.05) is 22.8 Å². The molecule has 0 heterocycles. The lowest BCUT2D eigenvalue weighted by Crippen LogP contribution is -2.21. The largest absolute Gasteiger partial charge is 0.483 e. The molecule has 0 aromatic heterocycles. The molecule has 0 saturated heterocycles. The maximum absolute atomic E-state index is 13.0. The Balaban J connectivity index is 1.50. The van der Waals surface area contributed by atoms with Gasteiger partial charge in [-0.15, -0.1) is 0 Å². The Labute approximate surface area is 181 Å². The van der Waals surface area contributed by atoms with Crippen LogP contribution in [0.2, 0.25) is 5.02 Å². The monoisotopic (exact) mass is 426 g/mol. The van der Waals surface area contributed by atoms with E-state index in [2.05, 4.69) is 10.6 Å². The third-order valence-electron chi connectivity index (χ3n) is 4.54. The lowest BCUT2D eigenvalue weighted by atomic mass is 10.1. The SMILES string of the molecule is Cc1ccc(NC(=O)COc2ccc(Cl)cc2CNCCc2ccc(F)cc2)cc1. The van der Waals surface area contributed by atoms with Crippen molar-refractivity contribution in [2.75, 3.05) is 18.5 Å². The van der Waals surface area contributed by atoms with E-state index < -0.39 is 0 Å². The summed E-state index contributed by atoms with van der Waals surface area (Å²) in [5, 5.41) is 6.74. The van der Waals surface area contributed by atoms with Crippen LogP contribution in [0.15, 0.2) is 66.7 Å². The lowest BCUT2D eigenvalue weighted by molar-refractivity contribution is -0.118. The molecule has 3 rings (SSSR count). The molecule has 0 saturated carbocycles. The lowest BCUT2D eigenvalue weighted by Gasteiger charge is -2.13. The topological polar surface area (TPSA) is 50.4 Å². The molecule has 0 fully saturated rings. The molecular formula is C24H24ClFN2O2. The van der Waals surface area contributed by atoms with Crippen molar-refractivity contribution in [3.05, 3.63) is 94.3 Å². The number of nitrogens with one attached hydrogen (secondary N) is 2. The first-order chi connectivity index (χ1) is 14.5. The molecule has 4 nitrogen and oxygen atoms in total. The van der Waals surface area contributed by atoms with E-state index in [0.29, 0.717) is 23.9 Å². The number of benzene rings is 3. The molecule has 0 atom stereocenters. The first-order valence-electron chi connectivity index (χ1n) is 9.72. The van der Waals surface area contributed by atoms with Gasteiger partial charge in [-0.25, -0.2) is 4.39 Å². The van der Waals surface area contributed by atoms with Gasteiger partial charge in [0.05, 0.1) is 0 Å². The second kappa shape index (κ2) is 10.8. The molecule has 0 spiro atoms. The van der Waals surface area contributed by atoms with Crippen LogP contribution in [-0.2, 0) is 17.8 Å². The molecule has 0 aliphatic carbocycles. The highest BCUT2D eigenvalue weighted by Crippen LogP contribution is 2.23. The number of ether oxygens (including phenoxy) is 1. The van der Waals surface area contributed by atoms with Gasteiger partial charge in [0.15, 0.2) is 6.61 Å². The first kappa shape index (κ1) is 21.8. The van der Waals surface area contributed by atoms with Gasteiger partial charge in [-0.1, -0.05) is 41.4 Å². The zero-order valence-electron chi connectivity index (χ0n) is 16.8. The Morgan fingerprint density at radius 1 is 1.03 bits per heavy atom. The zero-order chi connectivity index (χ0) is 21.3. The van der Waals surface area contributed by atoms with E-state index in [9.17, 15) is 9.18 Å². The van der Waals surface area contributed by atoms with E-state index >= 15 is 0 Å². The second-order valence-corrected chi connectivity index (χ2v) is 7.44. The highest BCUT2D eigenvalue weighted by Gasteiger charge is 2.09. The van der Waals surface area contributed by atoms with E-state index in [1.807, 2.05) is 37.3 Å². The first-order valence-corrected chi connectivity index (χ1v) is 10.1. The van der Waals surface area contributed by atoms with Crippen LogP contribution in [0, 0.1) is 12.7 Å². The predicted octanol–water partition coefficient (Wildman–Crippen LogP) is 5.14. The maximum atomic E-state index is 13.0. The molecule has 0 aliphatic heterocycles. The summed E-state index contributed by atoms with van der Waals surface area (Å²) in [6.45, 7) is 3.14. The molecule has 2 N–H and O–H groups in total. The molecule has 30 heavy (non-hydrogen) atoms. The Morgan fingerprint density at radius 3 is 2.50 bits per heavy atom. The van der Waals surface area contributed by atoms with Crippen molar-refractivity contribution in [3.8, 4) is 5.75 Å². The standard InChI is InChI=1S/C24H24ClFN2O2/c1-17-2-9-22(10-3-17)28-24(29)16-30-23-11-6-20(25)14-19(23)15-27-13-12-18-4-7-21(26)8-5-18/h2-11,14,27H,12-13,15-16H2,1H3,(H,28,29). The highest BCUT2D eigenvalue weighted by atomic mass is 35.5. The number of hydrogen-bond donors (Lipinski definition) is 2. The van der Waals surface area contributed by atoms with Crippen LogP contribution in [-0.4, -0.2) is 19.1 Å². The molecule has 6 heteroatoms. The summed E-state index contributed by atoms with van der Waals surface area (Å²) in [7, 11) is 0. The normalized spacial score (nSPS) is 10.6. The van der Waals surface area contributed by atoms with Gasteiger partial charge in [-0.3, -0.25) is 4.79 Å². The van der Waals surface area contributed by atoms with Gasteiger partial charge in [0.1, 0.15) is 11.6 Å². The number of amides is 1. The number of carbonyl (C=O) groups is 1. The van der Waals surface area contributed by atoms with Gasteiger partial charge in [-0.2, -0.15) is 0 Å². The molecular weight excluding hydrogens is 403 g/mol. The fourth-order valence-electron chi connectivity index (χ4n) is 2.91. The predicted molar refractivity (Wildman–Crippen MR) is 119 cm³/mol. The molecule has 0 radical (unpaired) electrons. The number of rotatable bonds is 9. The fraction of sp³-hybridized carbons (Fsp3) is 0.208. The van der Waals surface area contributed by atoms with Crippen LogP contribution in [0.25, 0.3) is 0 Å². The third-order valence-corrected chi connectivity index (χ3v) is 4.77. The van der Waals surface area contributed by atoms with E-state index in [4.69, 9.17) is 16.3 Å². The minimum atomic E-state index is -0.237. The van der Waals surface area contributed by atoms with Crippen molar-refractivity contribution in [3.63, 3.8) is 0 Å². The quantitative estimate of drug-likeness (QED) is 0.466. The minimum absolute atomic E-state index is 0.0991. The maximum Gasteiger partial charge on any atom is 0.262 e. The number of anilines is 1. The molecule has 3 aromatic carbocycles. The van der Waals surface area contributed by atoms with Gasteiger partial charge in [0.2, 0.25) is 0 Å². The fourth-order valence-corrected chi connectivity index (χ4v) is 3.11. The average molecular weight is 427 g/mol. The molecule has 3 aromatic rings. The molecule has 0 aliphatic rings. The summed E-state index contributed by atoms with van der Waals surface area (Å²) < 4.78 is 18.7. The van der Waals surface area contributed by atoms with Gasteiger partial charge in [-0.05, 0) is 67.9 Å². The molecule has 0 unspecified atom stereocenters. The molecule has 156 valence electrons. The average Bonchev–Trinajstić information content (AvgIpc) is 2.73. The summed E-state index contributed by atoms with van der Waals surface area (Å²) in [5.41, 5.74) is 3.78. The van der Waals surface area contributed by atoms with Crippen molar-refractivity contribution in [2.24, 2.45) is 0 Å². The Kier molecular flexibility index (Phi) is 7.82. The van der Waals surface area contributed by atoms with Gasteiger partial charge in [0.25, 0.3) is 5.91 Å². The van der Waals surface area contributed by atoms with Gasteiger partial charge >= 0.3 is 0 Å². The summed E-state index contributed by atoms with van der Waals surface area (Å²) in [4.78, 5) is 12.2. The van der Waals surface area contributed by atoms with E-state index in [1.54, 1.807) is 24.3 Å². The zero-order valence-corrected chi connectivity index (χ0v) is 17.5. The van der Waals surface area contributed by atoms with Crippen molar-refractivity contribution in [1.29, 1.82) is 0 Å². The minimum Gasteiger partial charge on any atom is -0.483 e. The summed E-state index contributed by atoms with van der Waals surface area (Å²) in [6.07, 6.45) is 0.774. The third kappa shape index (κ3) is 6.87. The number of carbonyl (C=O) groups excluding carboxylic acids is 1. The summed E-state index contributed by atoms with van der Waals surface area (Å²) in [5.74, 6) is 0.135. The second-order valence-electron chi connectivity index (χ2n) is 7.01. The van der Waals surface area contributed by atoms with Crippen LogP contribution >= 0.6 is 11.6 Å². The van der Waals surface area contributed by atoms with Crippen LogP contribution in [0.1, 0.15) is 16.7 Å². The van der Waals surface area contributed by atoms with Crippen LogP contribution < -0.4 is 15.4 Å². The number of aryl methyl sites for hydroxylation is 1. The highest BCUT2D eigenvalue weighted by molar-refractivity contribution is 6.30. The van der Waals surface area contributed by atoms with Crippen LogP contribution in [0.5, 0.6) is 5.75 Å². The van der Waals surface area contributed by atoms with Crippen molar-refractivity contribution in [2.45, 2.75) is 19.9 Å². The van der Waals surface area contributed by atoms with Crippen molar-refractivity contribution >= 4 is 23.2 Å². The number of hydrogen-bond acceptors (Lipinski definition) is 3. The van der Waals surface area contributed by atoms with Crippen LogP contribution in [0.3, 0.4) is 0 Å².